The van der Waals surface area contributed by atoms with Gasteiger partial charge in [0, 0.05) is 17.8 Å². The van der Waals surface area contributed by atoms with Crippen molar-refractivity contribution >= 4 is 32.6 Å². The van der Waals surface area contributed by atoms with Crippen molar-refractivity contribution < 1.29 is 0 Å². The highest BCUT2D eigenvalue weighted by molar-refractivity contribution is 6.26. The normalized spacial score (nSPS) is 11.7. The second kappa shape index (κ2) is 5.43. The second-order valence-electron chi connectivity index (χ2n) is 7.09. The van der Waals surface area contributed by atoms with Crippen LogP contribution in [0.25, 0.3) is 43.7 Å². The maximum atomic E-state index is 4.74. The maximum Gasteiger partial charge on any atom is 0.0969 e. The zero-order chi connectivity index (χ0) is 17.8. The van der Waals surface area contributed by atoms with Gasteiger partial charge in [0.1, 0.15) is 0 Å². The van der Waals surface area contributed by atoms with E-state index >= 15 is 0 Å². The molecule has 126 valence electrons. The topological polar surface area (TPSA) is 17.8 Å². The lowest BCUT2D eigenvalue weighted by molar-refractivity contribution is 0.951. The molecule has 0 unspecified atom stereocenters. The Bertz CT molecular complexity index is 1290. The molecule has 0 N–H and O–H groups in total. The molecule has 0 aliphatic carbocycles. The Balaban J connectivity index is 2.09. The molecule has 0 spiro atoms. The highest BCUT2D eigenvalue weighted by atomic mass is 15.0. The number of hydrogen-bond acceptors (Lipinski definition) is 1. The predicted molar refractivity (Wildman–Crippen MR) is 111 cm³/mol. The molecule has 4 aromatic carbocycles. The van der Waals surface area contributed by atoms with Crippen molar-refractivity contribution in [2.24, 2.45) is 7.05 Å². The van der Waals surface area contributed by atoms with Gasteiger partial charge in [0.05, 0.1) is 17.4 Å². The Morgan fingerprint density at radius 1 is 0.731 bits per heavy atom. The van der Waals surface area contributed by atoms with Crippen LogP contribution < -0.4 is 0 Å². The molecular weight excluding hydrogens is 316 g/mol. The molecule has 2 heteroatoms. The third kappa shape index (κ3) is 1.96. The number of fused-ring (bicyclic) bond motifs is 6. The molecule has 1 heterocycles. The van der Waals surface area contributed by atoms with Gasteiger partial charge in [0.25, 0.3) is 0 Å². The van der Waals surface area contributed by atoms with Gasteiger partial charge < -0.3 is 4.57 Å². The number of rotatable bonds is 1. The monoisotopic (exact) mass is 336 g/mol. The molecule has 2 nitrogen and oxygen atoms in total. The molecule has 26 heavy (non-hydrogen) atoms. The van der Waals surface area contributed by atoms with Gasteiger partial charge in [-0.25, -0.2) is 4.98 Å². The van der Waals surface area contributed by atoms with Gasteiger partial charge in [-0.3, -0.25) is 0 Å². The number of aromatic nitrogens is 2. The van der Waals surface area contributed by atoms with E-state index in [1.807, 2.05) is 6.33 Å². The van der Waals surface area contributed by atoms with Gasteiger partial charge in [-0.1, -0.05) is 60.7 Å². The van der Waals surface area contributed by atoms with Gasteiger partial charge in [0.2, 0.25) is 0 Å². The van der Waals surface area contributed by atoms with Crippen molar-refractivity contribution in [3.8, 4) is 11.1 Å². The lowest BCUT2D eigenvalue weighted by Crippen LogP contribution is -1.92. The third-order valence-corrected chi connectivity index (χ3v) is 5.46. The first-order valence-electron chi connectivity index (χ1n) is 8.98. The average molecular weight is 336 g/mol. The predicted octanol–water partition coefficient (Wildman–Crippen LogP) is 6.16. The van der Waals surface area contributed by atoms with Gasteiger partial charge >= 0.3 is 0 Å². The molecule has 0 aliphatic rings. The molecule has 5 rings (SSSR count). The summed E-state index contributed by atoms with van der Waals surface area (Å²) >= 11 is 0. The van der Waals surface area contributed by atoms with Crippen LogP contribution in [0.5, 0.6) is 0 Å². The summed E-state index contributed by atoms with van der Waals surface area (Å²) in [6, 6.07) is 21.8. The average Bonchev–Trinajstić information content (AvgIpc) is 3.04. The minimum absolute atomic E-state index is 1.08. The number of benzene rings is 4. The fourth-order valence-electron chi connectivity index (χ4n) is 4.34. The molecular formula is C24H20N2. The van der Waals surface area contributed by atoms with Crippen LogP contribution in [0.15, 0.2) is 67.0 Å². The Morgan fingerprint density at radius 3 is 2.15 bits per heavy atom. The number of hydrogen-bond donors (Lipinski definition) is 0. The van der Waals surface area contributed by atoms with Crippen molar-refractivity contribution in [3.05, 3.63) is 78.1 Å². The highest BCUT2D eigenvalue weighted by Crippen LogP contribution is 2.41. The smallest absolute Gasteiger partial charge is 0.0969 e. The first-order chi connectivity index (χ1) is 12.7. The Kier molecular flexibility index (Phi) is 3.17. The van der Waals surface area contributed by atoms with E-state index in [-0.39, 0.29) is 0 Å². The zero-order valence-corrected chi connectivity index (χ0v) is 15.2. The summed E-state index contributed by atoms with van der Waals surface area (Å²) in [4.78, 5) is 4.74. The van der Waals surface area contributed by atoms with Crippen molar-refractivity contribution in [3.63, 3.8) is 0 Å². The van der Waals surface area contributed by atoms with E-state index < -0.39 is 0 Å². The molecule has 5 aromatic rings. The van der Waals surface area contributed by atoms with Gasteiger partial charge in [-0.05, 0) is 46.9 Å². The lowest BCUT2D eigenvalue weighted by Gasteiger charge is -2.15. The van der Waals surface area contributed by atoms with Crippen molar-refractivity contribution in [2.75, 3.05) is 0 Å². The van der Waals surface area contributed by atoms with Crippen LogP contribution in [0.1, 0.15) is 11.1 Å². The third-order valence-electron chi connectivity index (χ3n) is 5.46. The molecule has 0 fully saturated rings. The summed E-state index contributed by atoms with van der Waals surface area (Å²) in [5.41, 5.74) is 7.52. The molecule has 0 saturated heterocycles. The van der Waals surface area contributed by atoms with Crippen LogP contribution in [-0.4, -0.2) is 9.55 Å². The van der Waals surface area contributed by atoms with Crippen LogP contribution >= 0.6 is 0 Å². The van der Waals surface area contributed by atoms with Crippen LogP contribution in [0.3, 0.4) is 0 Å². The van der Waals surface area contributed by atoms with Crippen LogP contribution in [-0.2, 0) is 7.05 Å². The summed E-state index contributed by atoms with van der Waals surface area (Å²) in [6.07, 6.45) is 1.92. The fraction of sp³-hybridized carbons (Fsp3) is 0.125. The van der Waals surface area contributed by atoms with Crippen molar-refractivity contribution in [1.82, 2.24) is 9.55 Å². The summed E-state index contributed by atoms with van der Waals surface area (Å²) in [5, 5.41) is 5.07. The fourth-order valence-corrected chi connectivity index (χ4v) is 4.34. The van der Waals surface area contributed by atoms with E-state index in [1.54, 1.807) is 0 Å². The zero-order valence-electron chi connectivity index (χ0n) is 15.2. The largest absolute Gasteiger partial charge is 0.333 e. The summed E-state index contributed by atoms with van der Waals surface area (Å²) in [6.45, 7) is 4.39. The van der Waals surface area contributed by atoms with Crippen molar-refractivity contribution in [2.45, 2.75) is 13.8 Å². The van der Waals surface area contributed by atoms with Crippen LogP contribution in [0, 0.1) is 13.8 Å². The van der Waals surface area contributed by atoms with E-state index in [0.29, 0.717) is 0 Å². The highest BCUT2D eigenvalue weighted by Gasteiger charge is 2.16. The lowest BCUT2D eigenvalue weighted by atomic mass is 9.89. The second-order valence-corrected chi connectivity index (χ2v) is 7.09. The molecule has 1 aromatic heterocycles. The van der Waals surface area contributed by atoms with Crippen molar-refractivity contribution in [1.29, 1.82) is 0 Å². The van der Waals surface area contributed by atoms with E-state index in [0.717, 1.165) is 5.52 Å². The number of aryl methyl sites for hydroxylation is 3. The van der Waals surface area contributed by atoms with E-state index in [4.69, 9.17) is 4.98 Å². The Morgan fingerprint density at radius 2 is 1.38 bits per heavy atom. The maximum absolute atomic E-state index is 4.74. The SMILES string of the molecule is Cc1cccc(C)c1-c1cccc2c3ncn(C)c3c3ccccc3c12. The molecule has 0 aliphatic heterocycles. The Hall–Kier alpha value is -3.13. The number of imidazole rings is 1. The first kappa shape index (κ1) is 15.2. The quantitative estimate of drug-likeness (QED) is 0.335. The Labute approximate surface area is 152 Å². The van der Waals surface area contributed by atoms with Crippen LogP contribution in [0.2, 0.25) is 0 Å². The summed E-state index contributed by atoms with van der Waals surface area (Å²) < 4.78 is 2.13. The minimum atomic E-state index is 1.08. The molecule has 0 bridgehead atoms. The van der Waals surface area contributed by atoms with E-state index in [9.17, 15) is 0 Å². The minimum Gasteiger partial charge on any atom is -0.333 e. The van der Waals surface area contributed by atoms with Gasteiger partial charge in [-0.2, -0.15) is 0 Å². The van der Waals surface area contributed by atoms with Gasteiger partial charge in [-0.15, -0.1) is 0 Å². The van der Waals surface area contributed by atoms with E-state index in [2.05, 4.69) is 86.1 Å². The summed E-state index contributed by atoms with van der Waals surface area (Å²) in [7, 11) is 2.07. The van der Waals surface area contributed by atoms with Gasteiger partial charge in [0.15, 0.2) is 0 Å². The molecule has 0 amide bonds. The number of nitrogens with zero attached hydrogens (tertiary/aromatic N) is 2. The first-order valence-corrected chi connectivity index (χ1v) is 8.98. The summed E-state index contributed by atoms with van der Waals surface area (Å²) in [5.74, 6) is 0. The van der Waals surface area contributed by atoms with E-state index in [1.165, 1.54) is 49.3 Å². The standard InChI is InChI=1S/C24H20N2/c1-15-8-6-9-16(2)21(15)19-12-7-13-20-22(19)17-10-4-5-11-18(17)24-23(20)25-14-26(24)3/h4-14H,1-3H3. The molecule has 0 radical (unpaired) electrons. The molecule has 0 atom stereocenters. The van der Waals surface area contributed by atoms with Crippen LogP contribution in [0.4, 0.5) is 0 Å². The molecule has 0 saturated carbocycles.